The monoisotopic (exact) mass is 983 g/mol. The van der Waals surface area contributed by atoms with Crippen LogP contribution < -0.4 is 21.3 Å². The van der Waals surface area contributed by atoms with Crippen molar-refractivity contribution in [3.8, 4) is 0 Å². The number of carbonyl (C=O) groups excluding carboxylic acids is 6. The molecule has 0 heterocycles. The molecule has 4 amide bonds. The van der Waals surface area contributed by atoms with E-state index in [-0.39, 0.29) is 107 Å². The number of nitrogens with one attached hydrogen (secondary N) is 4. The van der Waals surface area contributed by atoms with Crippen LogP contribution in [0.5, 0.6) is 0 Å². The highest BCUT2D eigenvalue weighted by Gasteiger charge is 2.28. The Bertz CT molecular complexity index is 1380. The summed E-state index contributed by atoms with van der Waals surface area (Å²) in [4.78, 5) is 87.6. The molecule has 0 aliphatic heterocycles. The molecule has 0 rings (SSSR count). The maximum absolute atomic E-state index is 13.9. The van der Waals surface area contributed by atoms with Crippen LogP contribution in [0.4, 0.5) is 0 Å². The summed E-state index contributed by atoms with van der Waals surface area (Å²) >= 11 is 0. The molecule has 0 radical (unpaired) electrons. The van der Waals surface area contributed by atoms with Gasteiger partial charge in [0.15, 0.2) is 5.78 Å². The summed E-state index contributed by atoms with van der Waals surface area (Å²) in [7, 11) is 0.967. The third kappa shape index (κ3) is 37.6. The molecule has 0 aromatic heterocycles. The van der Waals surface area contributed by atoms with E-state index in [1.807, 2.05) is 0 Å². The molecular weight excluding hydrogens is 895 g/mol. The minimum atomic E-state index is -3.72. The number of unbranched alkanes of at least 4 members (excludes halogenated alkanes) is 4. The van der Waals surface area contributed by atoms with Gasteiger partial charge in [-0.05, 0) is 57.8 Å². The highest BCUT2D eigenvalue weighted by molar-refractivity contribution is 7.53. The van der Waals surface area contributed by atoms with Crippen molar-refractivity contribution >= 4 is 42.8 Å². The van der Waals surface area contributed by atoms with Crippen LogP contribution >= 0.6 is 7.60 Å². The van der Waals surface area contributed by atoms with Crippen LogP contribution in [0, 0.1) is 11.8 Å². The second-order valence-electron chi connectivity index (χ2n) is 16.8. The van der Waals surface area contributed by atoms with Gasteiger partial charge in [0, 0.05) is 97.9 Å². The molecule has 0 bridgehead atoms. The van der Waals surface area contributed by atoms with Crippen LogP contribution in [0.3, 0.4) is 0 Å². The first-order chi connectivity index (χ1) is 32.2. The molecule has 0 saturated heterocycles. The molecule has 0 aromatic carbocycles. The fourth-order valence-corrected chi connectivity index (χ4v) is 7.12. The van der Waals surface area contributed by atoms with Gasteiger partial charge >= 0.3 is 7.60 Å². The van der Waals surface area contributed by atoms with Gasteiger partial charge in [0.2, 0.25) is 23.6 Å². The first-order valence-corrected chi connectivity index (χ1v) is 25.8. The summed E-state index contributed by atoms with van der Waals surface area (Å²) in [5, 5.41) is 21.2. The normalized spacial score (nSPS) is 13.7. The number of aliphatic hydroxyl groups excluding tert-OH is 1. The lowest BCUT2D eigenvalue weighted by Gasteiger charge is -2.22. The van der Waals surface area contributed by atoms with Gasteiger partial charge < -0.3 is 64.2 Å². The molecule has 0 aliphatic rings. The van der Waals surface area contributed by atoms with Crippen molar-refractivity contribution in [2.45, 2.75) is 135 Å². The number of Topliss-reactive ketones (excluding diaryl/α,β-unsaturated/α-hetero) is 2. The number of ether oxygens (including phenoxy) is 6. The third-order valence-electron chi connectivity index (χ3n) is 10.7. The zero-order valence-corrected chi connectivity index (χ0v) is 42.2. The lowest BCUT2D eigenvalue weighted by Crippen LogP contribution is -2.44. The predicted molar refractivity (Wildman–Crippen MR) is 253 cm³/mol. The van der Waals surface area contributed by atoms with E-state index in [1.54, 1.807) is 35.2 Å². The van der Waals surface area contributed by atoms with E-state index >= 15 is 0 Å². The van der Waals surface area contributed by atoms with Crippen LogP contribution in [0.1, 0.15) is 123 Å². The van der Waals surface area contributed by atoms with Crippen molar-refractivity contribution in [3.05, 3.63) is 0 Å². The average Bonchev–Trinajstić information content (AvgIpc) is 3.29. The lowest BCUT2D eigenvalue weighted by molar-refractivity contribution is -0.133. The van der Waals surface area contributed by atoms with Crippen LogP contribution in [-0.2, 0) is 66.3 Å². The smallest absolute Gasteiger partial charge is 0.330 e. The molecule has 21 heteroatoms. The van der Waals surface area contributed by atoms with E-state index in [4.69, 9.17) is 32.9 Å². The molecule has 4 unspecified atom stereocenters. The number of aliphatic hydroxyl groups is 1. The Kier molecular flexibility index (Phi) is 41.3. The van der Waals surface area contributed by atoms with E-state index in [9.17, 15) is 43.3 Å². The Morgan fingerprint density at radius 3 is 1.51 bits per heavy atom. The maximum atomic E-state index is 13.9. The van der Waals surface area contributed by atoms with Crippen molar-refractivity contribution in [1.29, 1.82) is 0 Å². The average molecular weight is 983 g/mol. The topological polar surface area (TPSA) is 273 Å². The molecule has 67 heavy (non-hydrogen) atoms. The Morgan fingerprint density at radius 1 is 0.552 bits per heavy atom. The van der Waals surface area contributed by atoms with Crippen molar-refractivity contribution in [2.75, 3.05) is 114 Å². The number of methoxy groups -OCH3 is 3. The van der Waals surface area contributed by atoms with Crippen molar-refractivity contribution in [3.63, 3.8) is 0 Å². The predicted octanol–water partition coefficient (Wildman–Crippen LogP) is 3.41. The first-order valence-electron chi connectivity index (χ1n) is 24.1. The molecule has 0 aromatic rings. The standard InChI is InChI=1S/C46H87N4O16P/c1-37(2)67(58,59)66-36-38(35-51)14-8-11-22-47-43(54)18-7-6-17-42(53)41(16-10-13-24-49-45(56)21-27-65-33-30-62-5)50-46(57)39(34-40(52)19-25-63-31-28-60-3)15-9-12-23-48-44(55)20-26-64-32-29-61-4/h37-39,41,51H,6-36H2,1-5H3,(H,47,54)(H,48,55)(H,49,56)(H,50,57)(H,58,59). The zero-order chi connectivity index (χ0) is 50.0. The van der Waals surface area contributed by atoms with Gasteiger partial charge in [-0.1, -0.05) is 26.7 Å². The van der Waals surface area contributed by atoms with Gasteiger partial charge in [-0.2, -0.15) is 0 Å². The minimum Gasteiger partial charge on any atom is -0.396 e. The highest BCUT2D eigenvalue weighted by Crippen LogP contribution is 2.47. The number of carbonyl (C=O) groups is 6. The van der Waals surface area contributed by atoms with Crippen LogP contribution in [0.15, 0.2) is 0 Å². The molecular formula is C46H87N4O16P. The molecule has 6 N–H and O–H groups in total. The van der Waals surface area contributed by atoms with Crippen molar-refractivity contribution < 1.29 is 76.3 Å². The van der Waals surface area contributed by atoms with Gasteiger partial charge in [-0.25, -0.2) is 0 Å². The van der Waals surface area contributed by atoms with Crippen molar-refractivity contribution in [2.24, 2.45) is 11.8 Å². The van der Waals surface area contributed by atoms with E-state index < -0.39 is 31.1 Å². The van der Waals surface area contributed by atoms with Gasteiger partial charge in [0.25, 0.3) is 0 Å². The molecule has 0 saturated carbocycles. The number of ketones is 2. The quantitative estimate of drug-likeness (QED) is 0.0377. The summed E-state index contributed by atoms with van der Waals surface area (Å²) < 4.78 is 48.3. The fourth-order valence-electron chi connectivity index (χ4n) is 6.40. The van der Waals surface area contributed by atoms with Gasteiger partial charge in [-0.3, -0.25) is 33.3 Å². The van der Waals surface area contributed by atoms with Crippen LogP contribution in [0.2, 0.25) is 0 Å². The van der Waals surface area contributed by atoms with Crippen LogP contribution in [-0.4, -0.2) is 171 Å². The molecule has 4 atom stereocenters. The lowest BCUT2D eigenvalue weighted by atomic mass is 9.92. The van der Waals surface area contributed by atoms with E-state index in [0.29, 0.717) is 130 Å². The third-order valence-corrected chi connectivity index (χ3v) is 12.5. The minimum absolute atomic E-state index is 0.0229. The number of amides is 4. The molecule has 0 aliphatic carbocycles. The number of hydrogen-bond donors (Lipinski definition) is 6. The van der Waals surface area contributed by atoms with Crippen LogP contribution in [0.25, 0.3) is 0 Å². The Labute approximate surface area is 399 Å². The Hall–Kier alpha value is -2.91. The molecule has 20 nitrogen and oxygen atoms in total. The maximum Gasteiger partial charge on any atom is 0.330 e. The second kappa shape index (κ2) is 43.1. The summed E-state index contributed by atoms with van der Waals surface area (Å²) in [6.45, 7) is 7.30. The van der Waals surface area contributed by atoms with E-state index in [2.05, 4.69) is 21.3 Å². The number of rotatable bonds is 48. The zero-order valence-electron chi connectivity index (χ0n) is 41.3. The summed E-state index contributed by atoms with van der Waals surface area (Å²) in [5.74, 6) is -2.24. The molecule has 0 spiro atoms. The van der Waals surface area contributed by atoms with E-state index in [0.717, 1.165) is 0 Å². The summed E-state index contributed by atoms with van der Waals surface area (Å²) in [6.07, 6.45) is 6.44. The van der Waals surface area contributed by atoms with E-state index in [1.165, 1.54) is 0 Å². The highest BCUT2D eigenvalue weighted by atomic mass is 31.2. The van der Waals surface area contributed by atoms with Gasteiger partial charge in [0.1, 0.15) is 5.78 Å². The second-order valence-corrected chi connectivity index (χ2v) is 19.2. The fraction of sp³-hybridized carbons (Fsp3) is 0.870. The largest absolute Gasteiger partial charge is 0.396 e. The molecule has 0 fully saturated rings. The Morgan fingerprint density at radius 2 is 1.01 bits per heavy atom. The Balaban J connectivity index is 5.38. The SMILES string of the molecule is COCCOCCC(=O)CC(CCCCNC(=O)CCOCCOC)C(=O)NC(CCCCNC(=O)CCOCCOC)C(=O)CCCCC(=O)NCCCCC(CO)COP(=O)(O)C(C)C. The summed E-state index contributed by atoms with van der Waals surface area (Å²) in [5.41, 5.74) is -0.537. The molecule has 392 valence electrons. The van der Waals surface area contributed by atoms with Gasteiger partial charge in [0.05, 0.1) is 77.8 Å². The first kappa shape index (κ1) is 64.1. The number of hydrogen-bond acceptors (Lipinski definition) is 15. The summed E-state index contributed by atoms with van der Waals surface area (Å²) in [6, 6.07) is -0.838. The van der Waals surface area contributed by atoms with Crippen molar-refractivity contribution in [1.82, 2.24) is 21.3 Å². The van der Waals surface area contributed by atoms with Gasteiger partial charge in [-0.15, -0.1) is 0 Å².